The maximum Gasteiger partial charge on any atom is 0.417 e. The highest BCUT2D eigenvalue weighted by atomic mass is 35.9. The van der Waals surface area contributed by atoms with E-state index in [1.807, 2.05) is 30.3 Å². The van der Waals surface area contributed by atoms with Gasteiger partial charge in [0.25, 0.3) is 0 Å². The van der Waals surface area contributed by atoms with Crippen molar-refractivity contribution in [3.8, 4) is 0 Å². The SMILES string of the molecule is FC(F)(F)c1cccc(Cc2ccccc2)c1P(Cl)Cl. The molecule has 0 spiro atoms. The Morgan fingerprint density at radius 1 is 0.900 bits per heavy atom. The third kappa shape index (κ3) is 3.66. The van der Waals surface area contributed by atoms with E-state index in [1.165, 1.54) is 6.07 Å². The predicted molar refractivity (Wildman–Crippen MR) is 79.0 cm³/mol. The molecule has 0 nitrogen and oxygen atoms in total. The molecule has 0 N–H and O–H groups in total. The molecule has 106 valence electrons. The van der Waals surface area contributed by atoms with Crippen molar-refractivity contribution in [1.29, 1.82) is 0 Å². The minimum Gasteiger partial charge on any atom is -0.166 e. The Morgan fingerprint density at radius 3 is 2.10 bits per heavy atom. The van der Waals surface area contributed by atoms with Gasteiger partial charge in [-0.2, -0.15) is 13.2 Å². The molecule has 0 heterocycles. The number of hydrogen-bond acceptors (Lipinski definition) is 0. The molecule has 0 radical (unpaired) electrons. The fraction of sp³-hybridized carbons (Fsp3) is 0.143. The maximum absolute atomic E-state index is 13.0. The van der Waals surface area contributed by atoms with Crippen LogP contribution in [-0.4, -0.2) is 0 Å². The molecule has 0 saturated carbocycles. The van der Waals surface area contributed by atoms with Gasteiger partial charge in [-0.1, -0.05) is 64.9 Å². The van der Waals surface area contributed by atoms with Crippen LogP contribution < -0.4 is 5.30 Å². The summed E-state index contributed by atoms with van der Waals surface area (Å²) < 4.78 is 39.1. The lowest BCUT2D eigenvalue weighted by Crippen LogP contribution is -2.20. The first-order valence-electron chi connectivity index (χ1n) is 5.74. The quantitative estimate of drug-likeness (QED) is 0.629. The third-order valence-electron chi connectivity index (χ3n) is 2.83. The molecule has 2 rings (SSSR count). The summed E-state index contributed by atoms with van der Waals surface area (Å²) in [6.07, 6.45) is -4.08. The molecule has 0 aliphatic rings. The molecule has 0 aliphatic heterocycles. The molecule has 20 heavy (non-hydrogen) atoms. The largest absolute Gasteiger partial charge is 0.417 e. The van der Waals surface area contributed by atoms with Crippen molar-refractivity contribution in [2.75, 3.05) is 0 Å². The molecule has 0 fully saturated rings. The summed E-state index contributed by atoms with van der Waals surface area (Å²) in [7, 11) is 0. The average Bonchev–Trinajstić information content (AvgIpc) is 2.38. The lowest BCUT2D eigenvalue weighted by Gasteiger charge is -2.17. The van der Waals surface area contributed by atoms with E-state index in [-0.39, 0.29) is 5.30 Å². The number of alkyl halides is 3. The van der Waals surface area contributed by atoms with Crippen LogP contribution in [-0.2, 0) is 12.6 Å². The fourth-order valence-corrected chi connectivity index (χ4v) is 3.93. The van der Waals surface area contributed by atoms with Crippen LogP contribution >= 0.6 is 29.1 Å². The zero-order valence-electron chi connectivity index (χ0n) is 10.2. The van der Waals surface area contributed by atoms with Gasteiger partial charge in [-0.05, 0) is 23.6 Å². The van der Waals surface area contributed by atoms with Crippen molar-refractivity contribution >= 4 is 34.4 Å². The van der Waals surface area contributed by atoms with Crippen molar-refractivity contribution in [1.82, 2.24) is 0 Å². The molecule has 0 bridgehead atoms. The Morgan fingerprint density at radius 2 is 1.55 bits per heavy atom. The summed E-state index contributed by atoms with van der Waals surface area (Å²) in [4.78, 5) is 0. The molecule has 2 aromatic carbocycles. The minimum absolute atomic E-state index is 0.00202. The van der Waals surface area contributed by atoms with Gasteiger partial charge in [0.05, 0.1) is 5.56 Å². The van der Waals surface area contributed by atoms with Gasteiger partial charge >= 0.3 is 6.18 Å². The normalized spacial score (nSPS) is 11.9. The van der Waals surface area contributed by atoms with Crippen molar-refractivity contribution in [2.24, 2.45) is 0 Å². The molecule has 0 aromatic heterocycles. The first-order chi connectivity index (χ1) is 9.39. The summed E-state index contributed by atoms with van der Waals surface area (Å²) in [5.41, 5.74) is 0.683. The van der Waals surface area contributed by atoms with Crippen LogP contribution in [0.2, 0.25) is 0 Å². The summed E-state index contributed by atoms with van der Waals surface area (Å²) in [6.45, 7) is -1.87. The van der Waals surface area contributed by atoms with Crippen LogP contribution in [0, 0.1) is 0 Å². The molecule has 0 saturated heterocycles. The van der Waals surface area contributed by atoms with Crippen LogP contribution in [0.4, 0.5) is 13.2 Å². The zero-order chi connectivity index (χ0) is 14.8. The highest BCUT2D eigenvalue weighted by molar-refractivity contribution is 8.09. The van der Waals surface area contributed by atoms with Crippen molar-refractivity contribution in [3.05, 3.63) is 65.2 Å². The van der Waals surface area contributed by atoms with E-state index >= 15 is 0 Å². The van der Waals surface area contributed by atoms with E-state index in [0.29, 0.717) is 12.0 Å². The Labute approximate surface area is 125 Å². The second kappa shape index (κ2) is 6.34. The average molecular weight is 337 g/mol. The van der Waals surface area contributed by atoms with Gasteiger partial charge in [0.1, 0.15) is 6.63 Å². The molecule has 0 unspecified atom stereocenters. The number of rotatable bonds is 3. The molecular weight excluding hydrogens is 327 g/mol. The van der Waals surface area contributed by atoms with E-state index in [1.54, 1.807) is 6.07 Å². The fourth-order valence-electron chi connectivity index (χ4n) is 1.98. The van der Waals surface area contributed by atoms with Crippen LogP contribution in [0.25, 0.3) is 0 Å². The van der Waals surface area contributed by atoms with E-state index in [4.69, 9.17) is 22.5 Å². The zero-order valence-corrected chi connectivity index (χ0v) is 12.6. The van der Waals surface area contributed by atoms with Crippen molar-refractivity contribution in [2.45, 2.75) is 12.6 Å². The van der Waals surface area contributed by atoms with Crippen molar-refractivity contribution in [3.63, 3.8) is 0 Å². The third-order valence-corrected chi connectivity index (χ3v) is 4.71. The topological polar surface area (TPSA) is 0 Å². The number of halogens is 5. The van der Waals surface area contributed by atoms with Crippen LogP contribution in [0.3, 0.4) is 0 Å². The van der Waals surface area contributed by atoms with E-state index in [9.17, 15) is 13.2 Å². The Kier molecular flexibility index (Phi) is 4.95. The van der Waals surface area contributed by atoms with Gasteiger partial charge in [0.15, 0.2) is 0 Å². The van der Waals surface area contributed by atoms with Crippen LogP contribution in [0.1, 0.15) is 16.7 Å². The highest BCUT2D eigenvalue weighted by Crippen LogP contribution is 2.49. The van der Waals surface area contributed by atoms with E-state index < -0.39 is 18.4 Å². The molecular formula is C14H10Cl2F3P. The van der Waals surface area contributed by atoms with Crippen LogP contribution in [0.5, 0.6) is 0 Å². The predicted octanol–water partition coefficient (Wildman–Crippen LogP) is 5.71. The second-order valence-electron chi connectivity index (χ2n) is 4.21. The number of hydrogen-bond donors (Lipinski definition) is 0. The molecule has 6 heteroatoms. The first-order valence-corrected chi connectivity index (χ1v) is 8.89. The monoisotopic (exact) mass is 336 g/mol. The molecule has 0 amide bonds. The van der Waals surface area contributed by atoms with Gasteiger partial charge in [-0.15, -0.1) is 0 Å². The number of benzene rings is 2. The summed E-state index contributed by atoms with van der Waals surface area (Å²) >= 11 is 11.6. The lowest BCUT2D eigenvalue weighted by atomic mass is 10.0. The first kappa shape index (κ1) is 15.6. The Balaban J connectivity index is 2.48. The van der Waals surface area contributed by atoms with Gasteiger partial charge in [0, 0.05) is 5.30 Å². The molecule has 0 atom stereocenters. The summed E-state index contributed by atoms with van der Waals surface area (Å²) in [5.74, 6) is 0. The van der Waals surface area contributed by atoms with Gasteiger partial charge in [0.2, 0.25) is 0 Å². The smallest absolute Gasteiger partial charge is 0.166 e. The van der Waals surface area contributed by atoms with Gasteiger partial charge < -0.3 is 0 Å². The van der Waals surface area contributed by atoms with E-state index in [0.717, 1.165) is 11.6 Å². The molecule has 2 aromatic rings. The molecule has 0 aliphatic carbocycles. The Bertz CT molecular complexity index is 583. The van der Waals surface area contributed by atoms with Crippen LogP contribution in [0.15, 0.2) is 48.5 Å². The van der Waals surface area contributed by atoms with Gasteiger partial charge in [-0.3, -0.25) is 0 Å². The standard InChI is InChI=1S/C14H10Cl2F3P/c15-20(16)13-11(9-10-5-2-1-3-6-10)7-4-8-12(13)14(17,18)19/h1-8H,9H2. The Hall–Kier alpha value is -0.760. The lowest BCUT2D eigenvalue weighted by molar-refractivity contribution is -0.136. The highest BCUT2D eigenvalue weighted by Gasteiger charge is 2.35. The second-order valence-corrected chi connectivity index (χ2v) is 7.67. The van der Waals surface area contributed by atoms with Crippen molar-refractivity contribution < 1.29 is 13.2 Å². The van der Waals surface area contributed by atoms with Gasteiger partial charge in [-0.25, -0.2) is 0 Å². The maximum atomic E-state index is 13.0. The minimum atomic E-state index is -4.45. The summed E-state index contributed by atoms with van der Waals surface area (Å²) in [6, 6.07) is 13.3. The summed E-state index contributed by atoms with van der Waals surface area (Å²) in [5, 5.41) is 0.00202. The van der Waals surface area contributed by atoms with E-state index in [2.05, 4.69) is 0 Å².